The molecule has 1 fully saturated rings. The van der Waals surface area contributed by atoms with Crippen molar-refractivity contribution in [2.24, 2.45) is 0 Å². The molecule has 17 heavy (non-hydrogen) atoms. The average Bonchev–Trinajstić information content (AvgIpc) is 2.29. The first-order valence-corrected chi connectivity index (χ1v) is 5.91. The van der Waals surface area contributed by atoms with Crippen molar-refractivity contribution < 1.29 is 19.0 Å². The molecule has 0 heterocycles. The summed E-state index contributed by atoms with van der Waals surface area (Å²) in [5.41, 5.74) is 0. The molecule has 0 aliphatic heterocycles. The van der Waals surface area contributed by atoms with Gasteiger partial charge in [-0.05, 0) is 19.1 Å². The van der Waals surface area contributed by atoms with E-state index in [0.717, 1.165) is 0 Å². The number of hydrogen-bond acceptors (Lipinski definition) is 3. The van der Waals surface area contributed by atoms with E-state index in [2.05, 4.69) is 0 Å². The molecular formula is C12H14ClFO3. The molecule has 0 spiro atoms. The summed E-state index contributed by atoms with van der Waals surface area (Å²) >= 11 is 5.85. The van der Waals surface area contributed by atoms with Crippen molar-refractivity contribution in [1.29, 1.82) is 0 Å². The highest BCUT2D eigenvalue weighted by atomic mass is 35.5. The van der Waals surface area contributed by atoms with Gasteiger partial charge in [0.15, 0.2) is 11.6 Å². The molecule has 1 aromatic carbocycles. The summed E-state index contributed by atoms with van der Waals surface area (Å²) in [4.78, 5) is 0. The van der Waals surface area contributed by atoms with Gasteiger partial charge in [0.1, 0.15) is 12.2 Å². The minimum Gasteiger partial charge on any atom is -0.483 e. The van der Waals surface area contributed by atoms with Gasteiger partial charge < -0.3 is 14.6 Å². The first-order chi connectivity index (χ1) is 8.13. The minimum atomic E-state index is -0.550. The van der Waals surface area contributed by atoms with Gasteiger partial charge in [0.05, 0.1) is 11.1 Å². The van der Waals surface area contributed by atoms with Crippen LogP contribution in [0.25, 0.3) is 0 Å². The monoisotopic (exact) mass is 260 g/mol. The quantitative estimate of drug-likeness (QED) is 0.904. The molecule has 0 saturated heterocycles. The lowest BCUT2D eigenvalue weighted by atomic mass is 9.88. The molecule has 1 aromatic rings. The molecule has 1 aliphatic rings. The Kier molecular flexibility index (Phi) is 3.86. The van der Waals surface area contributed by atoms with E-state index >= 15 is 0 Å². The lowest BCUT2D eigenvalue weighted by Gasteiger charge is -2.40. The smallest absolute Gasteiger partial charge is 0.174 e. The normalized spacial score (nSPS) is 27.6. The van der Waals surface area contributed by atoms with E-state index in [-0.39, 0.29) is 16.9 Å². The third-order valence-corrected chi connectivity index (χ3v) is 3.06. The number of rotatable bonds is 4. The highest BCUT2D eigenvalue weighted by molar-refractivity contribution is 6.32. The van der Waals surface area contributed by atoms with Crippen LogP contribution >= 0.6 is 11.6 Å². The van der Waals surface area contributed by atoms with E-state index in [0.29, 0.717) is 13.0 Å². The van der Waals surface area contributed by atoms with Gasteiger partial charge in [-0.25, -0.2) is 4.39 Å². The van der Waals surface area contributed by atoms with E-state index in [9.17, 15) is 9.50 Å². The Hall–Kier alpha value is -0.840. The fourth-order valence-corrected chi connectivity index (χ4v) is 2.04. The first-order valence-electron chi connectivity index (χ1n) is 5.53. The van der Waals surface area contributed by atoms with Gasteiger partial charge in [-0.3, -0.25) is 0 Å². The summed E-state index contributed by atoms with van der Waals surface area (Å²) in [6.07, 6.45) is -0.879. The van der Waals surface area contributed by atoms with Crippen LogP contribution in [0.4, 0.5) is 4.39 Å². The topological polar surface area (TPSA) is 38.7 Å². The highest BCUT2D eigenvalue weighted by Crippen LogP contribution is 2.34. The lowest BCUT2D eigenvalue weighted by Crippen LogP contribution is -2.55. The number of aliphatic hydroxyl groups is 1. The SMILES string of the molecule is CCOC1C(O)CC1Oc1c(F)cccc1Cl. The van der Waals surface area contributed by atoms with E-state index in [1.165, 1.54) is 12.1 Å². The molecule has 3 unspecified atom stereocenters. The number of hydrogen-bond donors (Lipinski definition) is 1. The summed E-state index contributed by atoms with van der Waals surface area (Å²) in [6, 6.07) is 4.36. The second kappa shape index (κ2) is 5.21. The Balaban J connectivity index is 2.06. The second-order valence-corrected chi connectivity index (χ2v) is 4.34. The maximum Gasteiger partial charge on any atom is 0.174 e. The van der Waals surface area contributed by atoms with Crippen molar-refractivity contribution in [1.82, 2.24) is 0 Å². The predicted octanol–water partition coefficient (Wildman–Crippen LogP) is 2.40. The van der Waals surface area contributed by atoms with Crippen LogP contribution in [-0.4, -0.2) is 30.0 Å². The zero-order valence-corrected chi connectivity index (χ0v) is 10.2. The van der Waals surface area contributed by atoms with Crippen molar-refractivity contribution in [3.8, 4) is 5.75 Å². The number of halogens is 2. The Labute approximate surface area is 104 Å². The number of aliphatic hydroxyl groups excluding tert-OH is 1. The van der Waals surface area contributed by atoms with Gasteiger partial charge in [-0.1, -0.05) is 17.7 Å². The summed E-state index contributed by atoms with van der Waals surface area (Å²) in [7, 11) is 0. The molecule has 5 heteroatoms. The molecule has 1 N–H and O–H groups in total. The van der Waals surface area contributed by atoms with Gasteiger partial charge in [-0.2, -0.15) is 0 Å². The van der Waals surface area contributed by atoms with E-state index in [4.69, 9.17) is 21.1 Å². The van der Waals surface area contributed by atoms with Crippen molar-refractivity contribution in [2.45, 2.75) is 31.7 Å². The maximum atomic E-state index is 13.5. The summed E-state index contributed by atoms with van der Waals surface area (Å²) in [6.45, 7) is 2.31. The van der Waals surface area contributed by atoms with Crippen LogP contribution in [-0.2, 0) is 4.74 Å². The van der Waals surface area contributed by atoms with Gasteiger partial charge in [0.25, 0.3) is 0 Å². The minimum absolute atomic E-state index is 0.0239. The zero-order valence-electron chi connectivity index (χ0n) is 9.40. The fourth-order valence-electron chi connectivity index (χ4n) is 1.83. The zero-order chi connectivity index (χ0) is 12.4. The molecule has 1 aliphatic carbocycles. The van der Waals surface area contributed by atoms with Gasteiger partial charge >= 0.3 is 0 Å². The van der Waals surface area contributed by atoms with Crippen LogP contribution in [0.1, 0.15) is 13.3 Å². The van der Waals surface area contributed by atoms with Crippen LogP contribution in [0.2, 0.25) is 5.02 Å². The number of para-hydroxylation sites is 1. The molecule has 3 atom stereocenters. The molecule has 0 aromatic heterocycles. The van der Waals surface area contributed by atoms with Crippen LogP contribution in [0.3, 0.4) is 0 Å². The maximum absolute atomic E-state index is 13.5. The van der Waals surface area contributed by atoms with Gasteiger partial charge in [0, 0.05) is 13.0 Å². The Morgan fingerprint density at radius 2 is 2.29 bits per heavy atom. The molecule has 0 radical (unpaired) electrons. The van der Waals surface area contributed by atoms with E-state index in [1.807, 2.05) is 6.92 Å². The molecule has 2 rings (SSSR count). The van der Waals surface area contributed by atoms with Crippen LogP contribution < -0.4 is 4.74 Å². The predicted molar refractivity (Wildman–Crippen MR) is 61.9 cm³/mol. The van der Waals surface area contributed by atoms with Crippen molar-refractivity contribution in [3.63, 3.8) is 0 Å². The standard InChI is InChI=1S/C12H14ClFO3/c1-2-16-12-9(15)6-10(12)17-11-7(13)4-3-5-8(11)14/h3-5,9-10,12,15H,2,6H2,1H3. The summed E-state index contributed by atoms with van der Waals surface area (Å²) < 4.78 is 24.2. The third kappa shape index (κ3) is 2.54. The van der Waals surface area contributed by atoms with Crippen LogP contribution in [0, 0.1) is 5.82 Å². The number of benzene rings is 1. The van der Waals surface area contributed by atoms with Crippen LogP contribution in [0.15, 0.2) is 18.2 Å². The van der Waals surface area contributed by atoms with Crippen molar-refractivity contribution >= 4 is 11.6 Å². The average molecular weight is 261 g/mol. The first kappa shape index (κ1) is 12.6. The third-order valence-electron chi connectivity index (χ3n) is 2.77. The van der Waals surface area contributed by atoms with E-state index < -0.39 is 18.0 Å². The molecule has 0 bridgehead atoms. The van der Waals surface area contributed by atoms with Gasteiger partial charge in [0.2, 0.25) is 0 Å². The Bertz CT molecular complexity index is 379. The molecular weight excluding hydrogens is 247 g/mol. The highest BCUT2D eigenvalue weighted by Gasteiger charge is 2.43. The van der Waals surface area contributed by atoms with Crippen molar-refractivity contribution in [3.05, 3.63) is 29.0 Å². The Morgan fingerprint density at radius 3 is 2.88 bits per heavy atom. The second-order valence-electron chi connectivity index (χ2n) is 3.93. The van der Waals surface area contributed by atoms with Crippen molar-refractivity contribution in [2.75, 3.05) is 6.61 Å². The summed E-state index contributed by atoms with van der Waals surface area (Å²) in [5, 5.41) is 9.72. The largest absolute Gasteiger partial charge is 0.483 e. The van der Waals surface area contributed by atoms with Crippen LogP contribution in [0.5, 0.6) is 5.75 Å². The molecule has 94 valence electrons. The van der Waals surface area contributed by atoms with E-state index in [1.54, 1.807) is 6.07 Å². The number of ether oxygens (including phenoxy) is 2. The molecule has 0 amide bonds. The fraction of sp³-hybridized carbons (Fsp3) is 0.500. The van der Waals surface area contributed by atoms with Gasteiger partial charge in [-0.15, -0.1) is 0 Å². The summed E-state index contributed by atoms with van der Waals surface area (Å²) in [5.74, 6) is -0.482. The Morgan fingerprint density at radius 1 is 1.53 bits per heavy atom. The molecule has 1 saturated carbocycles. The molecule has 3 nitrogen and oxygen atoms in total. The lowest BCUT2D eigenvalue weighted by molar-refractivity contribution is -0.160.